The molecule has 12 heteroatoms. The second-order valence-corrected chi connectivity index (χ2v) is 10.4. The Morgan fingerprint density at radius 3 is 2.44 bits per heavy atom. The summed E-state index contributed by atoms with van der Waals surface area (Å²) in [6, 6.07) is -3.40. The van der Waals surface area contributed by atoms with E-state index >= 15 is 0 Å². The molecule has 36 heavy (non-hydrogen) atoms. The van der Waals surface area contributed by atoms with Gasteiger partial charge in [-0.3, -0.25) is 24.0 Å². The van der Waals surface area contributed by atoms with E-state index < -0.39 is 65.4 Å². The highest BCUT2D eigenvalue weighted by atomic mass is 19.1. The van der Waals surface area contributed by atoms with Crippen LogP contribution in [-0.4, -0.2) is 76.6 Å². The summed E-state index contributed by atoms with van der Waals surface area (Å²) in [5.74, 6) is -3.47. The van der Waals surface area contributed by atoms with E-state index in [1.165, 1.54) is 24.0 Å². The first-order valence-electron chi connectivity index (χ1n) is 11.9. The number of aliphatic hydroxyl groups is 1. The van der Waals surface area contributed by atoms with E-state index in [-0.39, 0.29) is 30.9 Å². The van der Waals surface area contributed by atoms with Crippen molar-refractivity contribution in [3.05, 3.63) is 23.6 Å². The summed E-state index contributed by atoms with van der Waals surface area (Å²) in [7, 11) is 0. The van der Waals surface area contributed by atoms with Crippen LogP contribution >= 0.6 is 0 Å². The van der Waals surface area contributed by atoms with Gasteiger partial charge in [-0.05, 0) is 24.3 Å². The van der Waals surface area contributed by atoms with E-state index in [1.54, 1.807) is 20.8 Å². The maximum Gasteiger partial charge on any atom is 0.310 e. The average molecular weight is 509 g/mol. The largest absolute Gasteiger partial charge is 0.434 e. The monoisotopic (exact) mass is 508 g/mol. The zero-order chi connectivity index (χ0) is 26.8. The molecule has 3 aliphatic rings. The van der Waals surface area contributed by atoms with Crippen molar-refractivity contribution in [1.29, 1.82) is 0 Å². The van der Waals surface area contributed by atoms with E-state index in [4.69, 9.17) is 0 Å². The van der Waals surface area contributed by atoms with Crippen LogP contribution in [0, 0.1) is 5.41 Å². The van der Waals surface area contributed by atoms with Crippen molar-refractivity contribution in [2.24, 2.45) is 5.41 Å². The number of nitrogens with one attached hydrogen (secondary N) is 3. The van der Waals surface area contributed by atoms with Crippen LogP contribution in [0.25, 0.3) is 0 Å². The first kappa shape index (κ1) is 27.3. The van der Waals surface area contributed by atoms with Crippen molar-refractivity contribution in [3.63, 3.8) is 0 Å². The molecule has 0 bridgehead atoms. The number of rotatable bonds is 6. The van der Waals surface area contributed by atoms with Gasteiger partial charge >= 0.3 is 5.97 Å². The number of ether oxygens (including phenoxy) is 1. The third kappa shape index (κ3) is 6.28. The van der Waals surface area contributed by atoms with Gasteiger partial charge < -0.3 is 30.7 Å². The van der Waals surface area contributed by atoms with E-state index in [9.17, 15) is 33.5 Å². The molecule has 4 N–H and O–H groups in total. The number of hydrogen-bond donors (Lipinski definition) is 4. The minimum atomic E-state index is -1.45. The topological polar surface area (TPSA) is 154 Å². The predicted molar refractivity (Wildman–Crippen MR) is 124 cm³/mol. The highest BCUT2D eigenvalue weighted by molar-refractivity contribution is 6.00. The van der Waals surface area contributed by atoms with Gasteiger partial charge in [0, 0.05) is 19.9 Å². The van der Waals surface area contributed by atoms with Gasteiger partial charge in [-0.15, -0.1) is 0 Å². The van der Waals surface area contributed by atoms with Crippen LogP contribution in [0.5, 0.6) is 0 Å². The van der Waals surface area contributed by atoms with Crippen LogP contribution in [0.1, 0.15) is 53.4 Å². The van der Waals surface area contributed by atoms with Crippen molar-refractivity contribution in [1.82, 2.24) is 20.9 Å². The number of nitrogens with zero attached hydrogens (tertiary/aromatic N) is 1. The fraction of sp³-hybridized carbons (Fsp3) is 0.625. The predicted octanol–water partition coefficient (Wildman–Crippen LogP) is -0.0534. The molecule has 0 aromatic heterocycles. The number of aliphatic hydroxyl groups excluding tert-OH is 1. The fourth-order valence-electron chi connectivity index (χ4n) is 4.51. The molecule has 11 nitrogen and oxygen atoms in total. The highest BCUT2D eigenvalue weighted by Crippen LogP contribution is 2.28. The third-order valence-electron chi connectivity index (χ3n) is 6.36. The number of cyclic esters (lactones) is 1. The summed E-state index contributed by atoms with van der Waals surface area (Å²) in [6.07, 6.45) is 1.90. The Balaban J connectivity index is 1.72. The first-order valence-corrected chi connectivity index (χ1v) is 11.9. The molecule has 0 aromatic rings. The van der Waals surface area contributed by atoms with Gasteiger partial charge in [0.25, 0.3) is 5.91 Å². The van der Waals surface area contributed by atoms with Crippen LogP contribution in [0.2, 0.25) is 0 Å². The van der Waals surface area contributed by atoms with E-state index in [2.05, 4.69) is 20.7 Å². The van der Waals surface area contributed by atoms with Gasteiger partial charge in [0.2, 0.25) is 24.0 Å². The van der Waals surface area contributed by atoms with Crippen molar-refractivity contribution in [2.75, 3.05) is 6.54 Å². The Morgan fingerprint density at radius 2 is 1.89 bits per heavy atom. The molecular weight excluding hydrogens is 475 g/mol. The number of hydrogen-bond acceptors (Lipinski definition) is 7. The van der Waals surface area contributed by atoms with Crippen molar-refractivity contribution < 1.29 is 38.2 Å². The van der Waals surface area contributed by atoms with Crippen LogP contribution in [0.15, 0.2) is 23.6 Å². The second-order valence-electron chi connectivity index (χ2n) is 10.4. The Bertz CT molecular complexity index is 1000. The van der Waals surface area contributed by atoms with Crippen molar-refractivity contribution in [2.45, 2.75) is 83.8 Å². The van der Waals surface area contributed by atoms with Gasteiger partial charge in [-0.2, -0.15) is 0 Å². The molecule has 1 unspecified atom stereocenters. The number of esters is 1. The van der Waals surface area contributed by atoms with Crippen LogP contribution in [0.4, 0.5) is 4.39 Å². The summed E-state index contributed by atoms with van der Waals surface area (Å²) in [5, 5.41) is 17.5. The van der Waals surface area contributed by atoms with E-state index in [1.807, 2.05) is 0 Å². The summed E-state index contributed by atoms with van der Waals surface area (Å²) in [6.45, 7) is 6.82. The molecule has 0 aromatic carbocycles. The van der Waals surface area contributed by atoms with Gasteiger partial charge in [0.15, 0.2) is 0 Å². The van der Waals surface area contributed by atoms with Crippen molar-refractivity contribution in [3.8, 4) is 0 Å². The lowest BCUT2D eigenvalue weighted by Gasteiger charge is -2.36. The minimum Gasteiger partial charge on any atom is -0.434 e. The van der Waals surface area contributed by atoms with Gasteiger partial charge in [0.1, 0.15) is 24.0 Å². The van der Waals surface area contributed by atoms with Crippen LogP contribution in [0.3, 0.4) is 0 Å². The molecule has 2 fully saturated rings. The summed E-state index contributed by atoms with van der Waals surface area (Å²) in [4.78, 5) is 63.4. The lowest BCUT2D eigenvalue weighted by Crippen LogP contribution is -2.58. The van der Waals surface area contributed by atoms with E-state index in [0.29, 0.717) is 12.8 Å². The lowest BCUT2D eigenvalue weighted by atomic mass is 9.85. The zero-order valence-corrected chi connectivity index (χ0v) is 20.8. The molecule has 3 rings (SSSR count). The number of halogens is 1. The summed E-state index contributed by atoms with van der Waals surface area (Å²) < 4.78 is 19.3. The van der Waals surface area contributed by atoms with Crippen molar-refractivity contribution >= 4 is 29.6 Å². The highest BCUT2D eigenvalue weighted by Gasteiger charge is 2.44. The summed E-state index contributed by atoms with van der Waals surface area (Å²) in [5.41, 5.74) is -0.999. The average Bonchev–Trinajstić information content (AvgIpc) is 3.36. The number of carbonyl (C=O) groups is 5. The maximum absolute atomic E-state index is 14.7. The maximum atomic E-state index is 14.7. The molecule has 2 aliphatic heterocycles. The zero-order valence-electron chi connectivity index (χ0n) is 20.8. The number of carbonyl (C=O) groups excluding carboxylic acids is 5. The van der Waals surface area contributed by atoms with Gasteiger partial charge in [-0.1, -0.05) is 26.8 Å². The standard InChI is InChI=1S/C24H33FN4O7/c1-12(30)26-13-7-8-14(15(25)10-13)20(32)28-19(24(2,3)4)22(34)29-9-5-6-17(29)21(33)27-16-11-18(31)36-23(16)35/h7-8,13,16-17,19,23,35H,5-6,9-11H2,1-4H3,(H,26,30)(H,27,33)(H,28,32)/t13?,16-,17-,19+,23+/m0/s1. The second kappa shape index (κ2) is 10.8. The molecule has 1 aliphatic carbocycles. The van der Waals surface area contributed by atoms with E-state index in [0.717, 1.165) is 0 Å². The van der Waals surface area contributed by atoms with Gasteiger partial charge in [0.05, 0.1) is 18.0 Å². The third-order valence-corrected chi connectivity index (χ3v) is 6.36. The molecule has 4 amide bonds. The smallest absolute Gasteiger partial charge is 0.310 e. The fourth-order valence-corrected chi connectivity index (χ4v) is 4.51. The van der Waals surface area contributed by atoms with Crippen LogP contribution in [-0.2, 0) is 28.7 Å². The van der Waals surface area contributed by atoms with Crippen LogP contribution < -0.4 is 16.0 Å². The number of likely N-dealkylation sites (tertiary alicyclic amines) is 1. The quantitative estimate of drug-likeness (QED) is 0.367. The first-order chi connectivity index (χ1) is 16.8. The molecule has 5 atom stereocenters. The Morgan fingerprint density at radius 1 is 1.19 bits per heavy atom. The summed E-state index contributed by atoms with van der Waals surface area (Å²) >= 11 is 0. The molecule has 2 saturated heterocycles. The van der Waals surface area contributed by atoms with Gasteiger partial charge in [-0.25, -0.2) is 4.39 Å². The molecule has 198 valence electrons. The molecule has 0 saturated carbocycles. The Kier molecular flexibility index (Phi) is 8.17. The normalized spacial score (nSPS) is 26.9. The SMILES string of the molecule is CC(=O)NC1C=CC(C(=O)N[C@H](C(=O)N2CCC[C@H]2C(=O)N[C@H]2CC(=O)O[C@H]2O)C(C)(C)C)=C(F)C1. The Hall–Kier alpha value is -3.28. The lowest BCUT2D eigenvalue weighted by molar-refractivity contribution is -0.155. The molecule has 0 spiro atoms. The molecule has 0 radical (unpaired) electrons. The minimum absolute atomic E-state index is 0.175. The molecule has 2 heterocycles. The molecular formula is C24H33FN4O7. The Labute approximate surface area is 208 Å². The number of amides is 4.